The summed E-state index contributed by atoms with van der Waals surface area (Å²) in [6, 6.07) is 14.6. The predicted octanol–water partition coefficient (Wildman–Crippen LogP) is 4.14. The maximum atomic E-state index is 13.3. The standard InChI is InChI=1S/C28H25N9O2S/c1-18-25(27(40-35-18)34-23-16-31-21-7-2-3-8-22(21)33-23)26(38)32-20-6-4-5-19(15-20)28(39)37-13-11-36(12-14-37)24-17-29-9-10-30-24/h2-10,15-17H,11-14H2,1H3,(H,32,38)(H,33,34). The van der Waals surface area contributed by atoms with Gasteiger partial charge < -0.3 is 20.4 Å². The van der Waals surface area contributed by atoms with Crippen LogP contribution in [0.25, 0.3) is 11.0 Å². The fraction of sp³-hybridized carbons (Fsp3) is 0.179. The summed E-state index contributed by atoms with van der Waals surface area (Å²) in [5.41, 5.74) is 3.57. The normalized spacial score (nSPS) is 13.3. The lowest BCUT2D eigenvalue weighted by molar-refractivity contribution is 0.0746. The Morgan fingerprint density at radius 3 is 2.55 bits per heavy atom. The number of para-hydroxylation sites is 2. The molecular weight excluding hydrogens is 526 g/mol. The molecule has 11 nitrogen and oxygen atoms in total. The van der Waals surface area contributed by atoms with Crippen molar-refractivity contribution in [2.45, 2.75) is 6.92 Å². The number of carbonyl (C=O) groups excluding carboxylic acids is 2. The van der Waals surface area contributed by atoms with E-state index in [1.165, 1.54) is 11.5 Å². The van der Waals surface area contributed by atoms with Crippen LogP contribution in [0.2, 0.25) is 0 Å². The van der Waals surface area contributed by atoms with E-state index in [2.05, 4.69) is 39.8 Å². The molecule has 1 saturated heterocycles. The first-order valence-electron chi connectivity index (χ1n) is 12.7. The van der Waals surface area contributed by atoms with Crippen molar-refractivity contribution in [2.75, 3.05) is 41.7 Å². The number of nitrogens with one attached hydrogen (secondary N) is 2. The maximum absolute atomic E-state index is 13.3. The van der Waals surface area contributed by atoms with Gasteiger partial charge in [-0.25, -0.2) is 9.97 Å². The number of aryl methyl sites for hydroxylation is 1. The van der Waals surface area contributed by atoms with Gasteiger partial charge >= 0.3 is 0 Å². The van der Waals surface area contributed by atoms with Gasteiger partial charge in [0.25, 0.3) is 11.8 Å². The number of rotatable bonds is 6. The van der Waals surface area contributed by atoms with Crippen LogP contribution in [0.1, 0.15) is 26.4 Å². The highest BCUT2D eigenvalue weighted by molar-refractivity contribution is 7.10. The van der Waals surface area contributed by atoms with Gasteiger partial charge in [0, 0.05) is 49.8 Å². The van der Waals surface area contributed by atoms with E-state index < -0.39 is 0 Å². The Morgan fingerprint density at radius 2 is 1.75 bits per heavy atom. The molecule has 0 spiro atoms. The summed E-state index contributed by atoms with van der Waals surface area (Å²) in [6.45, 7) is 4.26. The minimum atomic E-state index is -0.329. The van der Waals surface area contributed by atoms with Crippen LogP contribution in [0.5, 0.6) is 0 Å². The first-order chi connectivity index (χ1) is 19.5. The van der Waals surface area contributed by atoms with Crippen LogP contribution in [0.3, 0.4) is 0 Å². The van der Waals surface area contributed by atoms with Crippen molar-refractivity contribution < 1.29 is 9.59 Å². The minimum absolute atomic E-state index is 0.0829. The average molecular weight is 552 g/mol. The molecule has 1 fully saturated rings. The van der Waals surface area contributed by atoms with Gasteiger partial charge in [-0.05, 0) is 48.8 Å². The molecule has 3 aromatic heterocycles. The van der Waals surface area contributed by atoms with E-state index in [0.717, 1.165) is 16.9 Å². The molecule has 2 N–H and O–H groups in total. The van der Waals surface area contributed by atoms with E-state index in [1.807, 2.05) is 29.2 Å². The van der Waals surface area contributed by atoms with Gasteiger partial charge in [0.15, 0.2) is 0 Å². The molecule has 6 rings (SSSR count). The molecule has 200 valence electrons. The molecule has 4 heterocycles. The highest BCUT2D eigenvalue weighted by atomic mass is 32.1. The topological polar surface area (TPSA) is 129 Å². The Morgan fingerprint density at radius 1 is 0.925 bits per heavy atom. The fourth-order valence-corrected chi connectivity index (χ4v) is 5.36. The Bertz CT molecular complexity index is 1680. The van der Waals surface area contributed by atoms with Crippen molar-refractivity contribution in [1.82, 2.24) is 29.2 Å². The molecule has 0 aliphatic carbocycles. The van der Waals surface area contributed by atoms with E-state index in [0.29, 0.717) is 59.5 Å². The molecule has 40 heavy (non-hydrogen) atoms. The molecule has 1 aliphatic rings. The van der Waals surface area contributed by atoms with E-state index in [4.69, 9.17) is 0 Å². The summed E-state index contributed by atoms with van der Waals surface area (Å²) in [6.07, 6.45) is 6.66. The molecule has 5 aromatic rings. The van der Waals surface area contributed by atoms with Gasteiger partial charge in [-0.3, -0.25) is 19.6 Å². The fourth-order valence-electron chi connectivity index (χ4n) is 4.56. The number of aromatic nitrogens is 5. The van der Waals surface area contributed by atoms with Gasteiger partial charge in [0.05, 0.1) is 34.7 Å². The Kier molecular flexibility index (Phi) is 6.98. The van der Waals surface area contributed by atoms with Crippen molar-refractivity contribution in [3.8, 4) is 0 Å². The summed E-state index contributed by atoms with van der Waals surface area (Å²) in [5.74, 6) is 0.910. The Labute approximate surface area is 234 Å². The first kappa shape index (κ1) is 25.3. The second kappa shape index (κ2) is 11.0. The van der Waals surface area contributed by atoms with Crippen molar-refractivity contribution in [3.05, 3.63) is 90.1 Å². The Hall–Kier alpha value is -4.97. The zero-order valence-electron chi connectivity index (χ0n) is 21.6. The summed E-state index contributed by atoms with van der Waals surface area (Å²) in [4.78, 5) is 48.0. The van der Waals surface area contributed by atoms with Gasteiger partial charge in [-0.2, -0.15) is 4.37 Å². The van der Waals surface area contributed by atoms with Crippen molar-refractivity contribution in [2.24, 2.45) is 0 Å². The molecule has 0 bridgehead atoms. The van der Waals surface area contributed by atoms with Gasteiger partial charge in [-0.15, -0.1) is 0 Å². The van der Waals surface area contributed by atoms with E-state index in [9.17, 15) is 9.59 Å². The van der Waals surface area contributed by atoms with E-state index >= 15 is 0 Å². The SMILES string of the molecule is Cc1nsc(Nc2cnc3ccccc3n2)c1C(=O)Nc1cccc(C(=O)N2CCN(c3cnccn3)CC2)c1. The average Bonchev–Trinajstić information content (AvgIpc) is 3.37. The van der Waals surface area contributed by atoms with Crippen LogP contribution in [0, 0.1) is 6.92 Å². The summed E-state index contributed by atoms with van der Waals surface area (Å²) in [5, 5.41) is 6.68. The van der Waals surface area contributed by atoms with Crippen molar-refractivity contribution in [3.63, 3.8) is 0 Å². The summed E-state index contributed by atoms with van der Waals surface area (Å²) < 4.78 is 4.37. The molecule has 0 unspecified atom stereocenters. The second-order valence-electron chi connectivity index (χ2n) is 9.22. The summed E-state index contributed by atoms with van der Waals surface area (Å²) >= 11 is 1.18. The first-order valence-corrected chi connectivity index (χ1v) is 13.5. The maximum Gasteiger partial charge on any atom is 0.260 e. The number of anilines is 4. The highest BCUT2D eigenvalue weighted by Gasteiger charge is 2.24. The van der Waals surface area contributed by atoms with E-state index in [-0.39, 0.29) is 11.8 Å². The van der Waals surface area contributed by atoms with Crippen LogP contribution in [0.4, 0.5) is 22.3 Å². The number of hydrogen-bond donors (Lipinski definition) is 2. The van der Waals surface area contributed by atoms with Crippen molar-refractivity contribution in [1.29, 1.82) is 0 Å². The minimum Gasteiger partial charge on any atom is -0.352 e. The number of piperazine rings is 1. The molecule has 0 atom stereocenters. The predicted molar refractivity (Wildman–Crippen MR) is 154 cm³/mol. The molecule has 0 radical (unpaired) electrons. The third kappa shape index (κ3) is 5.29. The van der Waals surface area contributed by atoms with Crippen LogP contribution in [-0.4, -0.2) is 67.2 Å². The van der Waals surface area contributed by atoms with Crippen molar-refractivity contribution >= 4 is 56.7 Å². The lowest BCUT2D eigenvalue weighted by atomic mass is 10.1. The van der Waals surface area contributed by atoms with Gasteiger partial charge in [0.2, 0.25) is 0 Å². The molecule has 2 aromatic carbocycles. The highest BCUT2D eigenvalue weighted by Crippen LogP contribution is 2.29. The third-order valence-corrected chi connectivity index (χ3v) is 7.44. The van der Waals surface area contributed by atoms with Crippen LogP contribution in [0.15, 0.2) is 73.3 Å². The number of carbonyl (C=O) groups is 2. The molecule has 1 aliphatic heterocycles. The Balaban J connectivity index is 1.13. The van der Waals surface area contributed by atoms with Crippen LogP contribution < -0.4 is 15.5 Å². The van der Waals surface area contributed by atoms with Gasteiger partial charge in [0.1, 0.15) is 16.6 Å². The molecule has 0 saturated carbocycles. The summed E-state index contributed by atoms with van der Waals surface area (Å²) in [7, 11) is 0. The third-order valence-electron chi connectivity index (χ3n) is 6.59. The molecule has 12 heteroatoms. The zero-order valence-corrected chi connectivity index (χ0v) is 22.4. The number of fused-ring (bicyclic) bond motifs is 1. The van der Waals surface area contributed by atoms with Crippen LogP contribution >= 0.6 is 11.5 Å². The van der Waals surface area contributed by atoms with E-state index in [1.54, 1.807) is 56.0 Å². The quantitative estimate of drug-likeness (QED) is 0.320. The largest absolute Gasteiger partial charge is 0.352 e. The lowest BCUT2D eigenvalue weighted by Crippen LogP contribution is -2.49. The number of nitrogens with zero attached hydrogens (tertiary/aromatic N) is 7. The molecule has 2 amide bonds. The monoisotopic (exact) mass is 551 g/mol. The number of hydrogen-bond acceptors (Lipinski definition) is 10. The number of benzene rings is 2. The number of amides is 2. The molecular formula is C28H25N9O2S. The smallest absolute Gasteiger partial charge is 0.260 e. The lowest BCUT2D eigenvalue weighted by Gasteiger charge is -2.35. The zero-order chi connectivity index (χ0) is 27.5. The van der Waals surface area contributed by atoms with Crippen LogP contribution in [-0.2, 0) is 0 Å². The second-order valence-corrected chi connectivity index (χ2v) is 9.99. The van der Waals surface area contributed by atoms with Gasteiger partial charge in [-0.1, -0.05) is 18.2 Å².